The Labute approximate surface area is 118 Å². The smallest absolute Gasteiger partial charge is 0.236 e. The van der Waals surface area contributed by atoms with Gasteiger partial charge in [0.1, 0.15) is 10.8 Å². The topological polar surface area (TPSA) is 49.6 Å². The van der Waals surface area contributed by atoms with Crippen LogP contribution in [0, 0.1) is 5.82 Å². The lowest BCUT2D eigenvalue weighted by atomic mass is 10.1. The predicted octanol–water partition coefficient (Wildman–Crippen LogP) is 0.980. The van der Waals surface area contributed by atoms with Crippen LogP contribution in [0.3, 0.4) is 0 Å². The predicted molar refractivity (Wildman–Crippen MR) is 77.3 cm³/mol. The number of nitrogens with two attached hydrogens (primary N) is 1. The van der Waals surface area contributed by atoms with Crippen LogP contribution in [0.5, 0.6) is 0 Å². The molecule has 0 unspecified atom stereocenters. The molecule has 0 spiro atoms. The number of benzene rings is 1. The minimum Gasteiger partial charge on any atom is -0.389 e. The summed E-state index contributed by atoms with van der Waals surface area (Å²) in [7, 11) is 5.14. The zero-order valence-electron chi connectivity index (χ0n) is 11.3. The SMILES string of the molecule is CN(CC(=O)N(C)C)Cc1ccc(C(N)=S)cc1F. The van der Waals surface area contributed by atoms with Crippen molar-refractivity contribution in [2.75, 3.05) is 27.7 Å². The summed E-state index contributed by atoms with van der Waals surface area (Å²) in [4.78, 5) is 15.0. The van der Waals surface area contributed by atoms with Gasteiger partial charge in [-0.3, -0.25) is 9.69 Å². The summed E-state index contributed by atoms with van der Waals surface area (Å²) < 4.78 is 13.8. The van der Waals surface area contributed by atoms with Crippen molar-refractivity contribution in [2.45, 2.75) is 6.54 Å². The fourth-order valence-corrected chi connectivity index (χ4v) is 1.67. The molecule has 0 fully saturated rings. The van der Waals surface area contributed by atoms with Gasteiger partial charge in [0.25, 0.3) is 0 Å². The van der Waals surface area contributed by atoms with Gasteiger partial charge in [-0.25, -0.2) is 4.39 Å². The standard InChI is InChI=1S/C13H18FN3OS/c1-16(2)12(18)8-17(3)7-10-5-4-9(13(15)19)6-11(10)14/h4-6H,7-8H2,1-3H3,(H2,15,19). The van der Waals surface area contributed by atoms with E-state index in [1.54, 1.807) is 38.2 Å². The van der Waals surface area contributed by atoms with Crippen molar-refractivity contribution in [3.8, 4) is 0 Å². The molecule has 104 valence electrons. The first kappa shape index (κ1) is 15.5. The molecule has 0 aliphatic rings. The molecule has 0 saturated carbocycles. The molecule has 0 atom stereocenters. The second-order valence-corrected chi connectivity index (χ2v) is 5.07. The maximum absolute atomic E-state index is 13.8. The van der Waals surface area contributed by atoms with Crippen molar-refractivity contribution in [3.05, 3.63) is 35.1 Å². The Kier molecular flexibility index (Phi) is 5.38. The molecule has 1 aromatic rings. The van der Waals surface area contributed by atoms with Crippen LogP contribution in [0.1, 0.15) is 11.1 Å². The Morgan fingerprint density at radius 3 is 2.47 bits per heavy atom. The van der Waals surface area contributed by atoms with Crippen molar-refractivity contribution < 1.29 is 9.18 Å². The molecule has 0 aromatic heterocycles. The van der Waals surface area contributed by atoms with Gasteiger partial charge in [0, 0.05) is 31.8 Å². The van der Waals surface area contributed by atoms with E-state index in [2.05, 4.69) is 0 Å². The Morgan fingerprint density at radius 2 is 2.00 bits per heavy atom. The highest BCUT2D eigenvalue weighted by atomic mass is 32.1. The van der Waals surface area contributed by atoms with Crippen molar-refractivity contribution in [1.82, 2.24) is 9.80 Å². The molecule has 0 aliphatic carbocycles. The molecule has 19 heavy (non-hydrogen) atoms. The van der Waals surface area contributed by atoms with Crippen LogP contribution in [0.15, 0.2) is 18.2 Å². The highest BCUT2D eigenvalue weighted by Crippen LogP contribution is 2.12. The van der Waals surface area contributed by atoms with Crippen molar-refractivity contribution in [2.24, 2.45) is 5.73 Å². The zero-order valence-corrected chi connectivity index (χ0v) is 12.1. The van der Waals surface area contributed by atoms with Crippen LogP contribution >= 0.6 is 12.2 Å². The number of carbonyl (C=O) groups is 1. The number of carbonyl (C=O) groups excluding carboxylic acids is 1. The van der Waals surface area contributed by atoms with Crippen LogP contribution in [0.25, 0.3) is 0 Å². The third-order valence-corrected chi connectivity index (χ3v) is 2.92. The van der Waals surface area contributed by atoms with Crippen LogP contribution in [0.4, 0.5) is 4.39 Å². The van der Waals surface area contributed by atoms with Gasteiger partial charge in [-0.2, -0.15) is 0 Å². The van der Waals surface area contributed by atoms with Gasteiger partial charge in [-0.15, -0.1) is 0 Å². The van der Waals surface area contributed by atoms with Crippen molar-refractivity contribution >= 4 is 23.1 Å². The molecule has 4 nitrogen and oxygen atoms in total. The minimum atomic E-state index is -0.366. The molecule has 6 heteroatoms. The fraction of sp³-hybridized carbons (Fsp3) is 0.385. The van der Waals surface area contributed by atoms with E-state index < -0.39 is 0 Å². The van der Waals surface area contributed by atoms with Crippen LogP contribution < -0.4 is 5.73 Å². The molecule has 2 N–H and O–H groups in total. The molecule has 0 saturated heterocycles. The summed E-state index contributed by atoms with van der Waals surface area (Å²) >= 11 is 4.79. The van der Waals surface area contributed by atoms with Crippen LogP contribution in [-0.2, 0) is 11.3 Å². The lowest BCUT2D eigenvalue weighted by Crippen LogP contribution is -2.34. The summed E-state index contributed by atoms with van der Waals surface area (Å²) in [6.07, 6.45) is 0. The monoisotopic (exact) mass is 283 g/mol. The molecule has 0 radical (unpaired) electrons. The largest absolute Gasteiger partial charge is 0.389 e. The Hall–Kier alpha value is -1.53. The van der Waals surface area contributed by atoms with Crippen LogP contribution in [-0.4, -0.2) is 48.4 Å². The third-order valence-electron chi connectivity index (χ3n) is 2.68. The molecule has 0 aliphatic heterocycles. The molecular weight excluding hydrogens is 265 g/mol. The van der Waals surface area contributed by atoms with Gasteiger partial charge in [0.2, 0.25) is 5.91 Å². The molecule has 1 rings (SSSR count). The lowest BCUT2D eigenvalue weighted by molar-refractivity contribution is -0.129. The summed E-state index contributed by atoms with van der Waals surface area (Å²) in [5, 5.41) is 0. The van der Waals surface area contributed by atoms with E-state index >= 15 is 0 Å². The van der Waals surface area contributed by atoms with E-state index in [1.807, 2.05) is 0 Å². The Balaban J connectivity index is 2.72. The van der Waals surface area contributed by atoms with Crippen LogP contribution in [0.2, 0.25) is 0 Å². The Morgan fingerprint density at radius 1 is 1.37 bits per heavy atom. The highest BCUT2D eigenvalue weighted by Gasteiger charge is 2.11. The number of hydrogen-bond acceptors (Lipinski definition) is 3. The maximum Gasteiger partial charge on any atom is 0.236 e. The molecule has 0 heterocycles. The zero-order chi connectivity index (χ0) is 14.6. The number of nitrogens with zero attached hydrogens (tertiary/aromatic N) is 2. The number of hydrogen-bond donors (Lipinski definition) is 1. The molecule has 0 bridgehead atoms. The molecular formula is C13H18FN3OS. The second-order valence-electron chi connectivity index (χ2n) is 4.63. The van der Waals surface area contributed by atoms with E-state index in [1.165, 1.54) is 11.0 Å². The third kappa shape index (κ3) is 4.57. The fourth-order valence-electron chi connectivity index (χ4n) is 1.55. The molecule has 1 amide bonds. The second kappa shape index (κ2) is 6.58. The number of rotatable bonds is 5. The highest BCUT2D eigenvalue weighted by molar-refractivity contribution is 7.80. The van der Waals surface area contributed by atoms with Gasteiger partial charge in [0.05, 0.1) is 6.54 Å². The van der Waals surface area contributed by atoms with Gasteiger partial charge in [-0.05, 0) is 13.1 Å². The van der Waals surface area contributed by atoms with Gasteiger partial charge >= 0.3 is 0 Å². The number of thiocarbonyl (C=S) groups is 1. The van der Waals surface area contributed by atoms with E-state index in [4.69, 9.17) is 18.0 Å². The van der Waals surface area contributed by atoms with Gasteiger partial charge in [-0.1, -0.05) is 24.4 Å². The van der Waals surface area contributed by atoms with Crippen molar-refractivity contribution in [3.63, 3.8) is 0 Å². The number of halogens is 1. The summed E-state index contributed by atoms with van der Waals surface area (Å²) in [6, 6.07) is 4.64. The summed E-state index contributed by atoms with van der Waals surface area (Å²) in [5.41, 5.74) is 6.45. The van der Waals surface area contributed by atoms with E-state index in [0.29, 0.717) is 17.7 Å². The summed E-state index contributed by atoms with van der Waals surface area (Å²) in [5.74, 6) is -0.392. The lowest BCUT2D eigenvalue weighted by Gasteiger charge is -2.19. The quantitative estimate of drug-likeness (QED) is 0.819. The maximum atomic E-state index is 13.8. The summed E-state index contributed by atoms with van der Waals surface area (Å²) in [6.45, 7) is 0.590. The normalized spacial score (nSPS) is 10.6. The van der Waals surface area contributed by atoms with Gasteiger partial charge in [0.15, 0.2) is 0 Å². The van der Waals surface area contributed by atoms with E-state index in [-0.39, 0.29) is 23.3 Å². The van der Waals surface area contributed by atoms with Crippen molar-refractivity contribution in [1.29, 1.82) is 0 Å². The van der Waals surface area contributed by atoms with E-state index in [0.717, 1.165) is 0 Å². The van der Waals surface area contributed by atoms with Gasteiger partial charge < -0.3 is 10.6 Å². The molecule has 1 aromatic carbocycles. The first-order valence-electron chi connectivity index (χ1n) is 5.78. The first-order chi connectivity index (χ1) is 8.81. The first-order valence-corrected chi connectivity index (χ1v) is 6.19. The minimum absolute atomic E-state index is 0.0253. The number of likely N-dealkylation sites (N-methyl/N-ethyl adjacent to an activating group) is 2. The van der Waals surface area contributed by atoms with E-state index in [9.17, 15) is 9.18 Å². The number of amides is 1. The Bertz CT molecular complexity index is 491. The average Bonchev–Trinajstić information content (AvgIpc) is 2.31. The average molecular weight is 283 g/mol.